The van der Waals surface area contributed by atoms with Crippen molar-refractivity contribution in [2.24, 2.45) is 0 Å². The first-order valence-corrected chi connectivity index (χ1v) is 8.14. The molecule has 1 aliphatic heterocycles. The first-order chi connectivity index (χ1) is 8.83. The lowest BCUT2D eigenvalue weighted by Gasteiger charge is -2.29. The molecule has 19 heavy (non-hydrogen) atoms. The molecule has 1 unspecified atom stereocenters. The average Bonchev–Trinajstić information content (AvgIpc) is 2.36. The number of sulfone groups is 1. The number of carboxylic acids is 1. The third-order valence-corrected chi connectivity index (χ3v) is 5.99. The van der Waals surface area contributed by atoms with E-state index in [9.17, 15) is 18.3 Å². The van der Waals surface area contributed by atoms with Crippen LogP contribution in [0.2, 0.25) is 0 Å². The number of aliphatic carboxylic acids is 1. The lowest BCUT2D eigenvalue weighted by Crippen LogP contribution is -2.49. The maximum absolute atomic E-state index is 12.1. The maximum Gasteiger partial charge on any atom is 0.327 e. The number of carboxylic acid groups (broad SMARTS) is 1. The van der Waals surface area contributed by atoms with Gasteiger partial charge in [0.05, 0.1) is 18.5 Å². The maximum atomic E-state index is 12.1. The Bertz CT molecular complexity index is 398. The Kier molecular flexibility index (Phi) is 5.76. The van der Waals surface area contributed by atoms with Crippen LogP contribution in [0.3, 0.4) is 0 Å². The normalized spacial score (nSPS) is 20.9. The summed E-state index contributed by atoms with van der Waals surface area (Å²) in [4.78, 5) is 11.3. The van der Waals surface area contributed by atoms with Gasteiger partial charge in [0.1, 0.15) is 0 Å². The number of rotatable bonds is 7. The molecule has 0 bridgehead atoms. The molecule has 0 spiro atoms. The van der Waals surface area contributed by atoms with Crippen LogP contribution in [0.4, 0.5) is 0 Å². The zero-order chi connectivity index (χ0) is 14.5. The zero-order valence-electron chi connectivity index (χ0n) is 11.4. The molecule has 1 fully saturated rings. The van der Waals surface area contributed by atoms with Crippen molar-refractivity contribution < 1.29 is 27.8 Å². The first-order valence-electron chi connectivity index (χ1n) is 6.48. The molecular formula is C12H22O6S. The van der Waals surface area contributed by atoms with Gasteiger partial charge in [0, 0.05) is 13.2 Å². The largest absolute Gasteiger partial charge is 0.480 e. The van der Waals surface area contributed by atoms with Crippen molar-refractivity contribution in [3.05, 3.63) is 0 Å². The second kappa shape index (κ2) is 6.67. The summed E-state index contributed by atoms with van der Waals surface area (Å²) in [7, 11) is -3.73. The highest BCUT2D eigenvalue weighted by atomic mass is 32.2. The van der Waals surface area contributed by atoms with Crippen LogP contribution in [0.1, 0.15) is 33.1 Å². The van der Waals surface area contributed by atoms with E-state index in [1.54, 1.807) is 6.92 Å². The van der Waals surface area contributed by atoms with E-state index >= 15 is 0 Å². The van der Waals surface area contributed by atoms with E-state index < -0.39 is 20.6 Å². The highest BCUT2D eigenvalue weighted by Crippen LogP contribution is 2.22. The van der Waals surface area contributed by atoms with Gasteiger partial charge in [-0.1, -0.05) is 6.92 Å². The van der Waals surface area contributed by atoms with Crippen molar-refractivity contribution in [3.8, 4) is 0 Å². The fraction of sp³-hybridized carbons (Fsp3) is 0.917. The fourth-order valence-corrected chi connectivity index (χ4v) is 3.40. The van der Waals surface area contributed by atoms with E-state index in [0.29, 0.717) is 32.5 Å². The minimum absolute atomic E-state index is 0.121. The van der Waals surface area contributed by atoms with Crippen LogP contribution in [0, 0.1) is 0 Å². The standard InChI is InChI=1S/C12H22O6S/c1-3-8-19(15,16)12(2,11(13)14)9-18-10-4-6-17-7-5-10/h10H,3-9H2,1-2H3,(H,13,14). The molecular weight excluding hydrogens is 272 g/mol. The Morgan fingerprint density at radius 3 is 2.47 bits per heavy atom. The van der Waals surface area contributed by atoms with Crippen molar-refractivity contribution in [2.45, 2.75) is 44.0 Å². The minimum Gasteiger partial charge on any atom is -0.480 e. The van der Waals surface area contributed by atoms with Crippen molar-refractivity contribution in [1.82, 2.24) is 0 Å². The van der Waals surface area contributed by atoms with Crippen LogP contribution in [0.15, 0.2) is 0 Å². The number of hydrogen-bond acceptors (Lipinski definition) is 5. The van der Waals surface area contributed by atoms with Gasteiger partial charge in [0.2, 0.25) is 0 Å². The zero-order valence-corrected chi connectivity index (χ0v) is 12.2. The molecule has 0 aromatic rings. The molecule has 112 valence electrons. The Morgan fingerprint density at radius 2 is 2.00 bits per heavy atom. The molecule has 6 nitrogen and oxygen atoms in total. The van der Waals surface area contributed by atoms with Gasteiger partial charge in [-0.25, -0.2) is 8.42 Å². The highest BCUT2D eigenvalue weighted by Gasteiger charge is 2.46. The summed E-state index contributed by atoms with van der Waals surface area (Å²) in [5.74, 6) is -1.50. The molecule has 1 atom stereocenters. The molecule has 0 radical (unpaired) electrons. The van der Waals surface area contributed by atoms with Crippen molar-refractivity contribution in [3.63, 3.8) is 0 Å². The molecule has 1 heterocycles. The summed E-state index contributed by atoms with van der Waals surface area (Å²) >= 11 is 0. The van der Waals surface area contributed by atoms with Gasteiger partial charge in [0.25, 0.3) is 0 Å². The van der Waals surface area contributed by atoms with Crippen LogP contribution >= 0.6 is 0 Å². The third kappa shape index (κ3) is 3.90. The summed E-state index contributed by atoms with van der Waals surface area (Å²) in [6.07, 6.45) is 1.61. The van der Waals surface area contributed by atoms with Crippen molar-refractivity contribution in [1.29, 1.82) is 0 Å². The van der Waals surface area contributed by atoms with E-state index in [0.717, 1.165) is 0 Å². The smallest absolute Gasteiger partial charge is 0.327 e. The van der Waals surface area contributed by atoms with E-state index in [1.165, 1.54) is 6.92 Å². The molecule has 7 heteroatoms. The summed E-state index contributed by atoms with van der Waals surface area (Å²) in [5.41, 5.74) is 0. The number of ether oxygens (including phenoxy) is 2. The number of carbonyl (C=O) groups is 1. The molecule has 0 aliphatic carbocycles. The second-order valence-corrected chi connectivity index (χ2v) is 7.52. The molecule has 0 aromatic heterocycles. The Hall–Kier alpha value is -0.660. The second-order valence-electron chi connectivity index (χ2n) is 4.98. The Labute approximate surface area is 114 Å². The molecule has 1 aliphatic rings. The predicted molar refractivity (Wildman–Crippen MR) is 69.9 cm³/mol. The molecule has 0 aromatic carbocycles. The number of hydrogen-bond donors (Lipinski definition) is 1. The minimum atomic E-state index is -3.73. The summed E-state index contributed by atoms with van der Waals surface area (Å²) in [6.45, 7) is 3.75. The topological polar surface area (TPSA) is 89.9 Å². The van der Waals surface area contributed by atoms with Gasteiger partial charge >= 0.3 is 5.97 Å². The summed E-state index contributed by atoms with van der Waals surface area (Å²) < 4.78 is 33.0. The molecule has 1 N–H and O–H groups in total. The van der Waals surface area contributed by atoms with Gasteiger partial charge in [-0.15, -0.1) is 0 Å². The van der Waals surface area contributed by atoms with Crippen molar-refractivity contribution >= 4 is 15.8 Å². The molecule has 0 saturated carbocycles. The molecule has 1 rings (SSSR count). The average molecular weight is 294 g/mol. The van der Waals surface area contributed by atoms with Crippen LogP contribution in [-0.2, 0) is 24.1 Å². The van der Waals surface area contributed by atoms with Gasteiger partial charge < -0.3 is 14.6 Å². The van der Waals surface area contributed by atoms with Crippen molar-refractivity contribution in [2.75, 3.05) is 25.6 Å². The summed E-state index contributed by atoms with van der Waals surface area (Å²) in [5, 5.41) is 9.24. The van der Waals surface area contributed by atoms with E-state index in [1.807, 2.05) is 0 Å². The van der Waals surface area contributed by atoms with Gasteiger partial charge in [-0.2, -0.15) is 0 Å². The monoisotopic (exact) mass is 294 g/mol. The van der Waals surface area contributed by atoms with Crippen LogP contribution in [0.25, 0.3) is 0 Å². The Morgan fingerprint density at radius 1 is 1.42 bits per heavy atom. The Balaban J connectivity index is 2.73. The highest BCUT2D eigenvalue weighted by molar-refractivity contribution is 7.93. The lowest BCUT2D eigenvalue weighted by atomic mass is 10.1. The van der Waals surface area contributed by atoms with Gasteiger partial charge in [-0.3, -0.25) is 4.79 Å². The van der Waals surface area contributed by atoms with Gasteiger partial charge in [-0.05, 0) is 26.2 Å². The van der Waals surface area contributed by atoms with E-state index in [2.05, 4.69) is 0 Å². The first kappa shape index (κ1) is 16.4. The van der Waals surface area contributed by atoms with E-state index in [4.69, 9.17) is 9.47 Å². The molecule has 1 saturated heterocycles. The fourth-order valence-electron chi connectivity index (χ4n) is 1.90. The van der Waals surface area contributed by atoms with Crippen LogP contribution in [0.5, 0.6) is 0 Å². The van der Waals surface area contributed by atoms with E-state index in [-0.39, 0.29) is 18.5 Å². The van der Waals surface area contributed by atoms with Gasteiger partial charge in [0.15, 0.2) is 14.6 Å². The SMILES string of the molecule is CCCS(=O)(=O)C(C)(COC1CCOCC1)C(=O)O. The lowest BCUT2D eigenvalue weighted by molar-refractivity contribution is -0.142. The van der Waals surface area contributed by atoms with Crippen LogP contribution < -0.4 is 0 Å². The predicted octanol–water partition coefficient (Wildman–Crippen LogP) is 0.850. The summed E-state index contributed by atoms with van der Waals surface area (Å²) in [6, 6.07) is 0. The molecule has 0 amide bonds. The van der Waals surface area contributed by atoms with Crippen LogP contribution in [-0.4, -0.2) is 55.9 Å². The quantitative estimate of drug-likeness (QED) is 0.748. The third-order valence-electron chi connectivity index (χ3n) is 3.37.